The molecule has 0 bridgehead atoms. The van der Waals surface area contributed by atoms with E-state index in [1.807, 2.05) is 18.2 Å². The average Bonchev–Trinajstić information content (AvgIpc) is 3.12. The number of nitrogens with zero attached hydrogens (tertiary/aromatic N) is 1. The standard InChI is InChI=1S/C30H25NO3/c1-34-28-24(18-17-23-11-2-3-12-25(23)28)16-15-22-9-6-8-21(20-22)10-7-19-31-29(32)26-13-4-5-14-27(26)30(31)33/h2-6,8-9,11-18,20H,7,10,19H2,1H3/b16-15+. The third-order valence-corrected chi connectivity index (χ3v) is 6.25. The van der Waals surface area contributed by atoms with Crippen LogP contribution in [0.15, 0.2) is 84.9 Å². The number of aryl methyl sites for hydroxylation is 1. The Bertz CT molecular complexity index is 1380. The lowest BCUT2D eigenvalue weighted by Gasteiger charge is -2.13. The fraction of sp³-hybridized carbons (Fsp3) is 0.133. The average molecular weight is 448 g/mol. The number of hydrogen-bond donors (Lipinski definition) is 0. The fourth-order valence-electron chi connectivity index (χ4n) is 4.54. The van der Waals surface area contributed by atoms with Crippen molar-refractivity contribution >= 4 is 34.7 Å². The molecule has 0 atom stereocenters. The van der Waals surface area contributed by atoms with Gasteiger partial charge in [0.05, 0.1) is 18.2 Å². The summed E-state index contributed by atoms with van der Waals surface area (Å²) in [5, 5.41) is 2.24. The van der Waals surface area contributed by atoms with E-state index in [0.717, 1.165) is 40.5 Å². The molecule has 4 nitrogen and oxygen atoms in total. The van der Waals surface area contributed by atoms with Crippen LogP contribution in [0.2, 0.25) is 0 Å². The minimum atomic E-state index is -0.193. The first-order chi connectivity index (χ1) is 16.7. The molecule has 0 saturated carbocycles. The van der Waals surface area contributed by atoms with Gasteiger partial charge in [-0.2, -0.15) is 0 Å². The Labute approximate surface area is 199 Å². The summed E-state index contributed by atoms with van der Waals surface area (Å²) in [5.74, 6) is 0.481. The SMILES string of the molecule is COc1c(/C=C/c2cccc(CCCN3C(=O)c4ccccc4C3=O)c2)ccc2ccccc12. The lowest BCUT2D eigenvalue weighted by atomic mass is 10.0. The molecule has 1 aliphatic rings. The smallest absolute Gasteiger partial charge is 0.261 e. The third kappa shape index (κ3) is 4.11. The first-order valence-corrected chi connectivity index (χ1v) is 11.4. The molecule has 168 valence electrons. The van der Waals surface area contributed by atoms with Crippen LogP contribution in [0.3, 0.4) is 0 Å². The Kier molecular flexibility index (Phi) is 5.96. The highest BCUT2D eigenvalue weighted by Gasteiger charge is 2.34. The van der Waals surface area contributed by atoms with Crippen molar-refractivity contribution in [1.29, 1.82) is 0 Å². The second-order valence-electron chi connectivity index (χ2n) is 8.40. The van der Waals surface area contributed by atoms with E-state index in [1.54, 1.807) is 31.4 Å². The summed E-state index contributed by atoms with van der Waals surface area (Å²) in [7, 11) is 1.70. The van der Waals surface area contributed by atoms with Gasteiger partial charge in [-0.1, -0.05) is 84.9 Å². The number of carbonyl (C=O) groups is 2. The number of carbonyl (C=O) groups excluding carboxylic acids is 2. The fourth-order valence-corrected chi connectivity index (χ4v) is 4.54. The Hall–Kier alpha value is -4.18. The van der Waals surface area contributed by atoms with Crippen LogP contribution in [0.1, 0.15) is 43.8 Å². The van der Waals surface area contributed by atoms with E-state index in [9.17, 15) is 9.59 Å². The van der Waals surface area contributed by atoms with Gasteiger partial charge in [-0.25, -0.2) is 0 Å². The summed E-state index contributed by atoms with van der Waals surface area (Å²) >= 11 is 0. The van der Waals surface area contributed by atoms with Crippen molar-refractivity contribution < 1.29 is 14.3 Å². The van der Waals surface area contributed by atoms with Crippen LogP contribution in [-0.2, 0) is 6.42 Å². The zero-order valence-corrected chi connectivity index (χ0v) is 19.0. The van der Waals surface area contributed by atoms with Crippen LogP contribution >= 0.6 is 0 Å². The Morgan fingerprint density at radius 3 is 2.29 bits per heavy atom. The minimum absolute atomic E-state index is 0.193. The number of methoxy groups -OCH3 is 1. The van der Waals surface area contributed by atoms with E-state index >= 15 is 0 Å². The van der Waals surface area contributed by atoms with Crippen molar-refractivity contribution in [3.63, 3.8) is 0 Å². The van der Waals surface area contributed by atoms with Crippen molar-refractivity contribution in [3.8, 4) is 5.75 Å². The van der Waals surface area contributed by atoms with Gasteiger partial charge in [-0.05, 0) is 41.5 Å². The number of ether oxygens (including phenoxy) is 1. The normalized spacial score (nSPS) is 13.1. The lowest BCUT2D eigenvalue weighted by molar-refractivity contribution is 0.0652. The molecule has 0 radical (unpaired) electrons. The van der Waals surface area contributed by atoms with Gasteiger partial charge < -0.3 is 4.74 Å². The second kappa shape index (κ2) is 9.36. The van der Waals surface area contributed by atoms with Crippen LogP contribution in [0.4, 0.5) is 0 Å². The van der Waals surface area contributed by atoms with Crippen molar-refractivity contribution in [2.45, 2.75) is 12.8 Å². The number of rotatable bonds is 7. The summed E-state index contributed by atoms with van der Waals surface area (Å²) < 4.78 is 5.70. The first-order valence-electron chi connectivity index (χ1n) is 11.4. The molecule has 1 aliphatic heterocycles. The van der Waals surface area contributed by atoms with Crippen LogP contribution in [0.25, 0.3) is 22.9 Å². The van der Waals surface area contributed by atoms with Crippen molar-refractivity contribution in [1.82, 2.24) is 4.90 Å². The highest BCUT2D eigenvalue weighted by Crippen LogP contribution is 2.31. The van der Waals surface area contributed by atoms with Gasteiger partial charge in [0.25, 0.3) is 11.8 Å². The van der Waals surface area contributed by atoms with Gasteiger partial charge in [0.2, 0.25) is 0 Å². The molecule has 4 heteroatoms. The molecule has 0 spiro atoms. The highest BCUT2D eigenvalue weighted by molar-refractivity contribution is 6.21. The molecule has 0 aromatic heterocycles. The van der Waals surface area contributed by atoms with E-state index < -0.39 is 0 Å². The van der Waals surface area contributed by atoms with Gasteiger partial charge in [0, 0.05) is 17.5 Å². The molecule has 0 fully saturated rings. The van der Waals surface area contributed by atoms with Crippen LogP contribution in [0.5, 0.6) is 5.75 Å². The summed E-state index contributed by atoms with van der Waals surface area (Å²) in [6.07, 6.45) is 5.66. The number of hydrogen-bond acceptors (Lipinski definition) is 3. The molecule has 0 aliphatic carbocycles. The summed E-state index contributed by atoms with van der Waals surface area (Å²) in [6, 6.07) is 27.7. The molecule has 0 unspecified atom stereocenters. The van der Waals surface area contributed by atoms with Crippen molar-refractivity contribution in [2.24, 2.45) is 0 Å². The molecule has 4 aromatic rings. The van der Waals surface area contributed by atoms with Gasteiger partial charge in [0.1, 0.15) is 5.75 Å². The molecular formula is C30H25NO3. The van der Waals surface area contributed by atoms with Gasteiger partial charge >= 0.3 is 0 Å². The summed E-state index contributed by atoms with van der Waals surface area (Å²) in [4.78, 5) is 26.4. The zero-order valence-electron chi connectivity index (χ0n) is 19.0. The minimum Gasteiger partial charge on any atom is -0.495 e. The molecule has 0 saturated heterocycles. The number of imide groups is 1. The Morgan fingerprint density at radius 1 is 0.794 bits per heavy atom. The molecular weight excluding hydrogens is 422 g/mol. The molecule has 1 heterocycles. The zero-order chi connectivity index (χ0) is 23.5. The quantitative estimate of drug-likeness (QED) is 0.249. The van der Waals surface area contributed by atoms with Crippen LogP contribution < -0.4 is 4.74 Å². The molecule has 4 aromatic carbocycles. The van der Waals surface area contributed by atoms with E-state index in [2.05, 4.69) is 54.6 Å². The first kappa shape index (κ1) is 21.7. The maximum Gasteiger partial charge on any atom is 0.261 e. The largest absolute Gasteiger partial charge is 0.495 e. The Balaban J connectivity index is 1.26. The molecule has 5 rings (SSSR count). The molecule has 0 N–H and O–H groups in total. The lowest BCUT2D eigenvalue weighted by Crippen LogP contribution is -2.30. The molecule has 2 amide bonds. The molecule has 34 heavy (non-hydrogen) atoms. The van der Waals surface area contributed by atoms with Crippen molar-refractivity contribution in [2.75, 3.05) is 13.7 Å². The number of amides is 2. The third-order valence-electron chi connectivity index (χ3n) is 6.25. The number of benzene rings is 4. The van der Waals surface area contributed by atoms with E-state index in [1.165, 1.54) is 10.5 Å². The van der Waals surface area contributed by atoms with Gasteiger partial charge in [-0.3, -0.25) is 14.5 Å². The number of fused-ring (bicyclic) bond motifs is 2. The van der Waals surface area contributed by atoms with E-state index in [0.29, 0.717) is 17.7 Å². The van der Waals surface area contributed by atoms with E-state index in [4.69, 9.17) is 4.74 Å². The predicted octanol–water partition coefficient (Wildman–Crippen LogP) is 6.25. The van der Waals surface area contributed by atoms with Crippen molar-refractivity contribution in [3.05, 3.63) is 113 Å². The topological polar surface area (TPSA) is 46.6 Å². The van der Waals surface area contributed by atoms with Gasteiger partial charge in [-0.15, -0.1) is 0 Å². The summed E-state index contributed by atoms with van der Waals surface area (Å²) in [6.45, 7) is 0.417. The predicted molar refractivity (Wildman–Crippen MR) is 136 cm³/mol. The van der Waals surface area contributed by atoms with Gasteiger partial charge in [0.15, 0.2) is 0 Å². The maximum absolute atomic E-state index is 12.5. The van der Waals surface area contributed by atoms with Crippen LogP contribution in [0, 0.1) is 0 Å². The monoisotopic (exact) mass is 447 g/mol. The summed E-state index contributed by atoms with van der Waals surface area (Å²) in [5.41, 5.74) is 4.29. The second-order valence-corrected chi connectivity index (χ2v) is 8.40. The highest BCUT2D eigenvalue weighted by atomic mass is 16.5. The Morgan fingerprint density at radius 2 is 1.53 bits per heavy atom. The maximum atomic E-state index is 12.5. The van der Waals surface area contributed by atoms with E-state index in [-0.39, 0.29) is 11.8 Å². The van der Waals surface area contributed by atoms with Crippen LogP contribution in [-0.4, -0.2) is 30.4 Å².